The molecule has 4 rings (SSSR count). The van der Waals surface area contributed by atoms with E-state index in [0.717, 1.165) is 37.2 Å². The molecule has 0 aromatic heterocycles. The van der Waals surface area contributed by atoms with Crippen molar-refractivity contribution in [3.05, 3.63) is 88.9 Å². The summed E-state index contributed by atoms with van der Waals surface area (Å²) in [4.78, 5) is 17.3. The van der Waals surface area contributed by atoms with Gasteiger partial charge in [0, 0.05) is 41.5 Å². The van der Waals surface area contributed by atoms with E-state index in [0.29, 0.717) is 11.6 Å². The fourth-order valence-electron chi connectivity index (χ4n) is 4.59. The van der Waals surface area contributed by atoms with Crippen molar-refractivity contribution < 1.29 is 9.18 Å². The van der Waals surface area contributed by atoms with E-state index < -0.39 is 5.82 Å². The van der Waals surface area contributed by atoms with Gasteiger partial charge in [0.15, 0.2) is 0 Å². The summed E-state index contributed by atoms with van der Waals surface area (Å²) in [5.41, 5.74) is 3.08. The number of benzene rings is 2. The maximum atomic E-state index is 14.3. The van der Waals surface area contributed by atoms with Gasteiger partial charge in [0.05, 0.1) is 5.56 Å². The van der Waals surface area contributed by atoms with Gasteiger partial charge in [-0.25, -0.2) is 4.39 Å². The molecule has 2 heterocycles. The Kier molecular flexibility index (Phi) is 5.22. The highest BCUT2D eigenvalue weighted by atomic mass is 35.5. The van der Waals surface area contributed by atoms with Crippen molar-refractivity contribution >= 4 is 23.2 Å². The van der Waals surface area contributed by atoms with Crippen molar-refractivity contribution in [1.29, 1.82) is 0 Å². The Morgan fingerprint density at radius 1 is 1.21 bits per heavy atom. The minimum absolute atomic E-state index is 0.104. The number of hydrogen-bond acceptors (Lipinski definition) is 2. The topological polar surface area (TPSA) is 23.6 Å². The molecule has 0 N–H and O–H groups in total. The Bertz CT molecular complexity index is 992. The Hall–Kier alpha value is -2.59. The van der Waals surface area contributed by atoms with Crippen LogP contribution in [-0.4, -0.2) is 30.4 Å². The number of hydrogen-bond donors (Lipinski definition) is 0. The summed E-state index contributed by atoms with van der Waals surface area (Å²) in [5.74, 6) is -0.789. The minimum Gasteiger partial charge on any atom is -0.375 e. The molecule has 29 heavy (non-hydrogen) atoms. The number of halogens is 2. The molecule has 1 saturated heterocycles. The standard InChI is InChI=1S/C24H24ClFN2O/c1-3-6-17(2)27-13-11-24(12-14-27)16-28(22-10-9-18(25)15-20(22)24)23(29)19-7-4-5-8-21(19)26/h3-10,15H,1,11-14,16H2,2H3/b17-6+. The smallest absolute Gasteiger partial charge is 0.261 e. The average Bonchev–Trinajstić information content (AvgIpc) is 3.02. The Balaban J connectivity index is 1.68. The van der Waals surface area contributed by atoms with E-state index in [1.807, 2.05) is 18.2 Å². The number of likely N-dealkylation sites (tertiary alicyclic amines) is 1. The van der Waals surface area contributed by atoms with Crippen molar-refractivity contribution in [1.82, 2.24) is 4.90 Å². The van der Waals surface area contributed by atoms with Crippen LogP contribution < -0.4 is 4.90 Å². The summed E-state index contributed by atoms with van der Waals surface area (Å²) in [7, 11) is 0. The van der Waals surface area contributed by atoms with E-state index in [-0.39, 0.29) is 16.9 Å². The summed E-state index contributed by atoms with van der Waals surface area (Å²) in [6, 6.07) is 11.8. The molecule has 0 aliphatic carbocycles. The van der Waals surface area contributed by atoms with E-state index in [4.69, 9.17) is 11.6 Å². The van der Waals surface area contributed by atoms with Crippen molar-refractivity contribution in [2.45, 2.75) is 25.2 Å². The van der Waals surface area contributed by atoms with Crippen molar-refractivity contribution in [2.24, 2.45) is 0 Å². The molecule has 2 aliphatic heterocycles. The third kappa shape index (κ3) is 3.46. The summed E-state index contributed by atoms with van der Waals surface area (Å²) >= 11 is 6.32. The number of piperidine rings is 1. The largest absolute Gasteiger partial charge is 0.375 e. The summed E-state index contributed by atoms with van der Waals surface area (Å²) in [5, 5.41) is 0.661. The van der Waals surface area contributed by atoms with Crippen LogP contribution in [0, 0.1) is 5.82 Å². The van der Waals surface area contributed by atoms with Gasteiger partial charge in [-0.05, 0) is 61.7 Å². The van der Waals surface area contributed by atoms with Gasteiger partial charge in [-0.1, -0.05) is 36.4 Å². The van der Waals surface area contributed by atoms with E-state index >= 15 is 0 Å². The van der Waals surface area contributed by atoms with Crippen LogP contribution in [0.15, 0.2) is 66.9 Å². The fourth-order valence-corrected chi connectivity index (χ4v) is 4.77. The predicted octanol–water partition coefficient (Wildman–Crippen LogP) is 5.56. The zero-order valence-corrected chi connectivity index (χ0v) is 17.3. The van der Waals surface area contributed by atoms with Gasteiger partial charge < -0.3 is 9.80 Å². The van der Waals surface area contributed by atoms with Crippen LogP contribution in [0.3, 0.4) is 0 Å². The summed E-state index contributed by atoms with van der Waals surface area (Å²) < 4.78 is 14.3. The monoisotopic (exact) mass is 410 g/mol. The highest BCUT2D eigenvalue weighted by molar-refractivity contribution is 6.30. The third-order valence-electron chi connectivity index (χ3n) is 6.21. The molecule has 2 aromatic carbocycles. The minimum atomic E-state index is -0.492. The zero-order chi connectivity index (χ0) is 20.6. The lowest BCUT2D eigenvalue weighted by Gasteiger charge is -2.41. The predicted molar refractivity (Wildman–Crippen MR) is 116 cm³/mol. The van der Waals surface area contributed by atoms with Crippen LogP contribution in [0.1, 0.15) is 35.7 Å². The maximum absolute atomic E-state index is 14.3. The number of carbonyl (C=O) groups excluding carboxylic acids is 1. The second kappa shape index (κ2) is 7.68. The molecule has 0 unspecified atom stereocenters. The molecular formula is C24H24ClFN2O. The first-order valence-corrected chi connectivity index (χ1v) is 10.2. The number of allylic oxidation sites excluding steroid dienone is 3. The Labute approximate surface area is 176 Å². The molecule has 2 aliphatic rings. The first-order chi connectivity index (χ1) is 13.9. The average molecular weight is 411 g/mol. The number of rotatable bonds is 3. The van der Waals surface area contributed by atoms with Crippen molar-refractivity contribution in [3.63, 3.8) is 0 Å². The second-order valence-corrected chi connectivity index (χ2v) is 8.28. The van der Waals surface area contributed by atoms with Gasteiger partial charge in [-0.2, -0.15) is 0 Å². The van der Waals surface area contributed by atoms with E-state index in [1.165, 1.54) is 11.8 Å². The molecule has 1 amide bonds. The van der Waals surface area contributed by atoms with Crippen LogP contribution >= 0.6 is 11.6 Å². The SMILES string of the molecule is C=C/C=C(\C)N1CCC2(CC1)CN(C(=O)c1ccccc1F)c1ccc(Cl)cc12. The Morgan fingerprint density at radius 3 is 2.62 bits per heavy atom. The lowest BCUT2D eigenvalue weighted by molar-refractivity contribution is 0.0975. The summed E-state index contributed by atoms with van der Waals surface area (Å²) in [6.07, 6.45) is 5.64. The van der Waals surface area contributed by atoms with E-state index in [9.17, 15) is 9.18 Å². The van der Waals surface area contributed by atoms with Gasteiger partial charge in [0.2, 0.25) is 0 Å². The first kappa shape index (κ1) is 19.7. The lowest BCUT2D eigenvalue weighted by Crippen LogP contribution is -2.45. The number of anilines is 1. The Morgan fingerprint density at radius 2 is 1.93 bits per heavy atom. The number of carbonyl (C=O) groups is 1. The van der Waals surface area contributed by atoms with Crippen molar-refractivity contribution in [3.8, 4) is 0 Å². The van der Waals surface area contributed by atoms with Gasteiger partial charge >= 0.3 is 0 Å². The highest BCUT2D eigenvalue weighted by Gasteiger charge is 2.46. The van der Waals surface area contributed by atoms with Crippen molar-refractivity contribution in [2.75, 3.05) is 24.5 Å². The molecule has 3 nitrogen and oxygen atoms in total. The molecule has 2 aromatic rings. The zero-order valence-electron chi connectivity index (χ0n) is 16.5. The number of amides is 1. The fraction of sp³-hybridized carbons (Fsp3) is 0.292. The molecular weight excluding hydrogens is 387 g/mol. The van der Waals surface area contributed by atoms with Gasteiger partial charge in [0.1, 0.15) is 5.82 Å². The van der Waals surface area contributed by atoms with Crippen LogP contribution in [0.5, 0.6) is 0 Å². The highest BCUT2D eigenvalue weighted by Crippen LogP contribution is 2.48. The maximum Gasteiger partial charge on any atom is 0.261 e. The molecule has 5 heteroatoms. The van der Waals surface area contributed by atoms with Gasteiger partial charge in [-0.3, -0.25) is 4.79 Å². The van der Waals surface area contributed by atoms with E-state index in [1.54, 1.807) is 35.2 Å². The summed E-state index contributed by atoms with van der Waals surface area (Å²) in [6.45, 7) is 8.20. The molecule has 150 valence electrons. The molecule has 1 spiro atoms. The van der Waals surface area contributed by atoms with Gasteiger partial charge in [0.25, 0.3) is 5.91 Å². The van der Waals surface area contributed by atoms with Crippen LogP contribution in [0.25, 0.3) is 0 Å². The number of nitrogens with zero attached hydrogens (tertiary/aromatic N) is 2. The molecule has 0 saturated carbocycles. The molecule has 0 atom stereocenters. The first-order valence-electron chi connectivity index (χ1n) is 9.86. The molecule has 0 bridgehead atoms. The molecule has 1 fully saturated rings. The van der Waals surface area contributed by atoms with Crippen LogP contribution in [0.2, 0.25) is 5.02 Å². The van der Waals surface area contributed by atoms with Crippen LogP contribution in [0.4, 0.5) is 10.1 Å². The normalized spacial score (nSPS) is 18.1. The quantitative estimate of drug-likeness (QED) is 0.618. The van der Waals surface area contributed by atoms with Gasteiger partial charge in [-0.15, -0.1) is 0 Å². The second-order valence-electron chi connectivity index (χ2n) is 7.84. The molecule has 0 radical (unpaired) electrons. The van der Waals surface area contributed by atoms with E-state index in [2.05, 4.69) is 18.4 Å². The third-order valence-corrected chi connectivity index (χ3v) is 6.44. The van der Waals surface area contributed by atoms with Crippen LogP contribution in [-0.2, 0) is 5.41 Å². The number of fused-ring (bicyclic) bond motifs is 2. The lowest BCUT2D eigenvalue weighted by atomic mass is 9.74.